The first kappa shape index (κ1) is 22.6. The number of fused-ring (bicyclic) bond motifs is 1. The lowest BCUT2D eigenvalue weighted by Gasteiger charge is -2.10. The zero-order valence-corrected chi connectivity index (χ0v) is 18.8. The largest absolute Gasteiger partial charge is 0.481 e. The highest BCUT2D eigenvalue weighted by molar-refractivity contribution is 7.92. The number of aromatic nitrogens is 3. The van der Waals surface area contributed by atoms with Gasteiger partial charge in [-0.15, -0.1) is 0 Å². The molecular formula is C22H18N6O5S. The number of rotatable bonds is 8. The van der Waals surface area contributed by atoms with E-state index in [9.17, 15) is 13.7 Å². The van der Waals surface area contributed by atoms with Gasteiger partial charge in [0, 0.05) is 18.0 Å². The van der Waals surface area contributed by atoms with E-state index in [1.165, 1.54) is 38.6 Å². The number of hydrogen-bond acceptors (Lipinski definition) is 10. The third-order valence-electron chi connectivity index (χ3n) is 4.51. The topological polar surface area (TPSA) is 152 Å². The number of methoxy groups -OCH3 is 2. The van der Waals surface area contributed by atoms with Crippen molar-refractivity contribution in [3.05, 3.63) is 66.7 Å². The molecule has 11 nitrogen and oxygen atoms in total. The molecule has 12 heteroatoms. The van der Waals surface area contributed by atoms with Crippen LogP contribution in [0.5, 0.6) is 11.9 Å². The van der Waals surface area contributed by atoms with Crippen LogP contribution in [0.3, 0.4) is 0 Å². The molecule has 0 aliphatic carbocycles. The van der Waals surface area contributed by atoms with Crippen molar-refractivity contribution in [3.63, 3.8) is 0 Å². The van der Waals surface area contributed by atoms with Gasteiger partial charge in [-0.05, 0) is 36.4 Å². The van der Waals surface area contributed by atoms with Crippen LogP contribution in [0.4, 0.5) is 11.5 Å². The van der Waals surface area contributed by atoms with Gasteiger partial charge in [-0.1, -0.05) is 12.1 Å². The maximum Gasteiger partial charge on any atom is 0.321 e. The predicted molar refractivity (Wildman–Crippen MR) is 124 cm³/mol. The monoisotopic (exact) mass is 478 g/mol. The first-order valence-electron chi connectivity index (χ1n) is 9.74. The average molecular weight is 478 g/mol. The molecule has 0 saturated carbocycles. The Balaban J connectivity index is 1.50. The number of hydrogen-bond donors (Lipinski definition) is 2. The Morgan fingerprint density at radius 3 is 2.50 bits per heavy atom. The standard InChI is InChI=1S/C22H18N6O5S/c1-31-20-11-19(26-22(27-20)32-2)28-34(29,30)16-9-7-15(8-10-16)24-13-14(12-23)21-25-17-5-3-4-6-18(17)33-21/h3-11,13,24H,1-2H3,(H,26,27,28)/b14-13-. The zero-order chi connectivity index (χ0) is 24.1. The number of allylic oxidation sites excluding steroid dienone is 1. The molecule has 0 saturated heterocycles. The second kappa shape index (κ2) is 9.47. The van der Waals surface area contributed by atoms with Crippen molar-refractivity contribution in [2.45, 2.75) is 4.90 Å². The van der Waals surface area contributed by atoms with Gasteiger partial charge in [-0.3, -0.25) is 4.72 Å². The third kappa shape index (κ3) is 4.89. The van der Waals surface area contributed by atoms with Gasteiger partial charge in [0.05, 0.1) is 19.1 Å². The number of benzene rings is 2. The number of ether oxygens (including phenoxy) is 2. The molecule has 0 bridgehead atoms. The molecule has 2 aromatic heterocycles. The van der Waals surface area contributed by atoms with E-state index in [2.05, 4.69) is 25.0 Å². The summed E-state index contributed by atoms with van der Waals surface area (Å²) in [7, 11) is -1.20. The number of nitriles is 1. The van der Waals surface area contributed by atoms with E-state index in [0.717, 1.165) is 0 Å². The highest BCUT2D eigenvalue weighted by atomic mass is 32.2. The Morgan fingerprint density at radius 2 is 1.82 bits per heavy atom. The first-order valence-corrected chi connectivity index (χ1v) is 11.2. The van der Waals surface area contributed by atoms with E-state index in [1.54, 1.807) is 24.3 Å². The van der Waals surface area contributed by atoms with Gasteiger partial charge in [-0.25, -0.2) is 13.4 Å². The van der Waals surface area contributed by atoms with Crippen LogP contribution in [-0.4, -0.2) is 37.6 Å². The molecule has 2 aromatic carbocycles. The Morgan fingerprint density at radius 1 is 1.06 bits per heavy atom. The Bertz CT molecular complexity index is 1450. The fourth-order valence-electron chi connectivity index (χ4n) is 2.86. The Kier molecular flexibility index (Phi) is 6.28. The molecule has 0 aliphatic heterocycles. The molecular weight excluding hydrogens is 460 g/mol. The van der Waals surface area contributed by atoms with Crippen LogP contribution < -0.4 is 19.5 Å². The normalized spacial score (nSPS) is 11.6. The Labute approximate surface area is 194 Å². The van der Waals surface area contributed by atoms with E-state index < -0.39 is 10.0 Å². The van der Waals surface area contributed by atoms with Crippen LogP contribution in [0.1, 0.15) is 5.89 Å². The molecule has 0 spiro atoms. The van der Waals surface area contributed by atoms with E-state index in [-0.39, 0.29) is 34.1 Å². The van der Waals surface area contributed by atoms with Crippen molar-refractivity contribution in [2.24, 2.45) is 0 Å². The molecule has 0 amide bonds. The van der Waals surface area contributed by atoms with Crippen molar-refractivity contribution in [1.82, 2.24) is 15.0 Å². The van der Waals surface area contributed by atoms with E-state index in [4.69, 9.17) is 13.9 Å². The highest BCUT2D eigenvalue weighted by Crippen LogP contribution is 2.23. The number of para-hydroxylation sites is 2. The summed E-state index contributed by atoms with van der Waals surface area (Å²) in [4.78, 5) is 12.2. The summed E-state index contributed by atoms with van der Waals surface area (Å²) in [6, 6.07) is 16.4. The lowest BCUT2D eigenvalue weighted by Crippen LogP contribution is -2.14. The van der Waals surface area contributed by atoms with Gasteiger partial charge >= 0.3 is 6.01 Å². The van der Waals surface area contributed by atoms with E-state index >= 15 is 0 Å². The SMILES string of the molecule is COc1cc(NS(=O)(=O)c2ccc(N/C=C(/C#N)c3nc4ccccc4o3)cc2)nc(OC)n1. The second-order valence-electron chi connectivity index (χ2n) is 6.71. The number of sulfonamides is 1. The maximum atomic E-state index is 12.7. The van der Waals surface area contributed by atoms with Crippen molar-refractivity contribution < 1.29 is 22.3 Å². The van der Waals surface area contributed by atoms with Crippen molar-refractivity contribution in [2.75, 3.05) is 24.3 Å². The van der Waals surface area contributed by atoms with Gasteiger partial charge < -0.3 is 19.2 Å². The summed E-state index contributed by atoms with van der Waals surface area (Å²) < 4.78 is 43.4. The molecule has 2 N–H and O–H groups in total. The minimum atomic E-state index is -3.95. The van der Waals surface area contributed by atoms with Crippen molar-refractivity contribution in [1.29, 1.82) is 5.26 Å². The minimum Gasteiger partial charge on any atom is -0.481 e. The molecule has 4 aromatic rings. The fourth-order valence-corrected chi connectivity index (χ4v) is 3.86. The first-order chi connectivity index (χ1) is 16.4. The van der Waals surface area contributed by atoms with E-state index in [1.807, 2.05) is 18.2 Å². The molecule has 4 rings (SSSR count). The molecule has 0 radical (unpaired) electrons. The van der Waals surface area contributed by atoms with Gasteiger partial charge in [-0.2, -0.15) is 15.2 Å². The second-order valence-corrected chi connectivity index (χ2v) is 8.40. The van der Waals surface area contributed by atoms with Crippen molar-refractivity contribution in [3.8, 4) is 18.0 Å². The van der Waals surface area contributed by atoms with Gasteiger partial charge in [0.1, 0.15) is 17.2 Å². The number of nitrogens with one attached hydrogen (secondary N) is 2. The highest BCUT2D eigenvalue weighted by Gasteiger charge is 2.17. The van der Waals surface area contributed by atoms with Crippen LogP contribution in [0.25, 0.3) is 16.7 Å². The number of nitrogens with zero attached hydrogens (tertiary/aromatic N) is 4. The summed E-state index contributed by atoms with van der Waals surface area (Å²) in [5.41, 5.74) is 1.94. The lowest BCUT2D eigenvalue weighted by atomic mass is 10.3. The van der Waals surface area contributed by atoms with Crippen LogP contribution in [0.2, 0.25) is 0 Å². The quantitative estimate of drug-likeness (QED) is 0.360. The maximum absolute atomic E-state index is 12.7. The molecule has 172 valence electrons. The van der Waals surface area contributed by atoms with Crippen molar-refractivity contribution >= 4 is 38.2 Å². The minimum absolute atomic E-state index is 0.00182. The van der Waals surface area contributed by atoms with Gasteiger partial charge in [0.2, 0.25) is 11.8 Å². The third-order valence-corrected chi connectivity index (χ3v) is 5.88. The number of oxazole rings is 1. The average Bonchev–Trinajstić information content (AvgIpc) is 3.28. The molecule has 0 atom stereocenters. The van der Waals surface area contributed by atoms with Crippen LogP contribution >= 0.6 is 0 Å². The smallest absolute Gasteiger partial charge is 0.321 e. The van der Waals surface area contributed by atoms with Gasteiger partial charge in [0.15, 0.2) is 11.4 Å². The molecule has 0 aliphatic rings. The summed E-state index contributed by atoms with van der Waals surface area (Å²) in [5.74, 6) is 0.310. The van der Waals surface area contributed by atoms with Crippen LogP contribution in [-0.2, 0) is 10.0 Å². The molecule has 2 heterocycles. The van der Waals surface area contributed by atoms with E-state index in [0.29, 0.717) is 16.8 Å². The molecule has 0 unspecified atom stereocenters. The summed E-state index contributed by atoms with van der Waals surface area (Å²) in [6.45, 7) is 0. The predicted octanol–water partition coefficient (Wildman–Crippen LogP) is 3.41. The molecule has 0 fully saturated rings. The lowest BCUT2D eigenvalue weighted by molar-refractivity contribution is 0.353. The zero-order valence-electron chi connectivity index (χ0n) is 18.0. The number of anilines is 2. The molecule has 34 heavy (non-hydrogen) atoms. The Hall–Kier alpha value is -4.63. The summed E-state index contributed by atoms with van der Waals surface area (Å²) in [6.07, 6.45) is 1.44. The van der Waals surface area contributed by atoms with Crippen LogP contribution in [0, 0.1) is 11.3 Å². The summed E-state index contributed by atoms with van der Waals surface area (Å²) >= 11 is 0. The summed E-state index contributed by atoms with van der Waals surface area (Å²) in [5, 5.41) is 12.4. The van der Waals surface area contributed by atoms with Crippen LogP contribution in [0.15, 0.2) is 70.1 Å². The van der Waals surface area contributed by atoms with Gasteiger partial charge in [0.25, 0.3) is 10.0 Å². The fraction of sp³-hybridized carbons (Fsp3) is 0.0909.